The number of nitrogens with two attached hydrogens (primary N) is 1. The van der Waals surface area contributed by atoms with E-state index in [1.54, 1.807) is 30.3 Å². The van der Waals surface area contributed by atoms with Crippen molar-refractivity contribution in [1.29, 1.82) is 0 Å². The number of carbonyl (C=O) groups excluding carboxylic acids is 3. The molecule has 2 aromatic heterocycles. The Balaban J connectivity index is 1.81. The van der Waals surface area contributed by atoms with Gasteiger partial charge in [-0.2, -0.15) is 0 Å². The smallest absolute Gasteiger partial charge is 0.326 e. The predicted octanol–water partition coefficient (Wildman–Crippen LogP) is -1.50. The summed E-state index contributed by atoms with van der Waals surface area (Å²) in [5.41, 5.74) is 7.30. The Morgan fingerprint density at radius 1 is 0.750 bits per heavy atom. The molecule has 212 valence electrons. The first-order chi connectivity index (χ1) is 19.1. The normalized spacial score (nSPS) is 13.8. The minimum atomic E-state index is -1.42. The van der Waals surface area contributed by atoms with Gasteiger partial charge in [-0.3, -0.25) is 19.2 Å². The van der Waals surface area contributed by atoms with Crippen LogP contribution in [-0.2, 0) is 43.2 Å². The van der Waals surface area contributed by atoms with Crippen molar-refractivity contribution < 1.29 is 34.2 Å². The Morgan fingerprint density at radius 3 is 1.75 bits per heavy atom. The number of aliphatic carboxylic acids is 2. The highest BCUT2D eigenvalue weighted by Crippen LogP contribution is 2.08. The molecule has 1 aromatic carbocycles. The molecule has 0 saturated heterocycles. The molecule has 0 spiro atoms. The van der Waals surface area contributed by atoms with Gasteiger partial charge in [0, 0.05) is 43.0 Å². The van der Waals surface area contributed by atoms with Crippen molar-refractivity contribution in [3.63, 3.8) is 0 Å². The molecule has 15 nitrogen and oxygen atoms in total. The summed E-state index contributed by atoms with van der Waals surface area (Å²) in [6.07, 6.45) is 4.83. The Morgan fingerprint density at radius 2 is 1.25 bits per heavy atom. The topological polar surface area (TPSA) is 245 Å². The van der Waals surface area contributed by atoms with Gasteiger partial charge in [0.1, 0.15) is 18.1 Å². The molecule has 0 radical (unpaired) electrons. The molecule has 0 saturated carbocycles. The minimum Gasteiger partial charge on any atom is -0.481 e. The van der Waals surface area contributed by atoms with E-state index in [1.165, 1.54) is 25.0 Å². The van der Waals surface area contributed by atoms with Gasteiger partial charge in [0.15, 0.2) is 0 Å². The Labute approximate surface area is 228 Å². The predicted molar refractivity (Wildman–Crippen MR) is 138 cm³/mol. The maximum Gasteiger partial charge on any atom is 0.326 e. The Bertz CT molecular complexity index is 1280. The van der Waals surface area contributed by atoms with E-state index < -0.39 is 60.2 Å². The molecular weight excluding hydrogens is 524 g/mol. The van der Waals surface area contributed by atoms with Crippen molar-refractivity contribution in [1.82, 2.24) is 35.9 Å². The molecule has 0 aliphatic heterocycles. The van der Waals surface area contributed by atoms with Crippen LogP contribution in [0.3, 0.4) is 0 Å². The van der Waals surface area contributed by atoms with Crippen LogP contribution in [0.25, 0.3) is 0 Å². The van der Waals surface area contributed by atoms with Gasteiger partial charge in [0.05, 0.1) is 25.1 Å². The quantitative estimate of drug-likeness (QED) is 0.108. The van der Waals surface area contributed by atoms with Crippen molar-refractivity contribution in [2.45, 2.75) is 49.9 Å². The number of hydrogen-bond acceptors (Lipinski definition) is 8. The van der Waals surface area contributed by atoms with E-state index in [1.807, 2.05) is 0 Å². The van der Waals surface area contributed by atoms with E-state index in [0.29, 0.717) is 17.0 Å². The van der Waals surface area contributed by atoms with Gasteiger partial charge in [-0.1, -0.05) is 30.3 Å². The molecule has 3 rings (SSSR count). The van der Waals surface area contributed by atoms with Crippen LogP contribution in [0.2, 0.25) is 0 Å². The average Bonchev–Trinajstić information content (AvgIpc) is 3.62. The van der Waals surface area contributed by atoms with Crippen LogP contribution in [0.1, 0.15) is 23.4 Å². The molecule has 3 aromatic rings. The lowest BCUT2D eigenvalue weighted by molar-refractivity contribution is -0.142. The lowest BCUT2D eigenvalue weighted by atomic mass is 10.0. The SMILES string of the molecule is NC(CC(=O)O)C(=O)NC(Cc1cnc[nH]1)C(=O)NC(Cc1ccccc1)C(=O)NC(Cc1cnc[nH]1)C(=O)O. The number of imidazole rings is 2. The Hall–Kier alpha value is -5.05. The van der Waals surface area contributed by atoms with Crippen molar-refractivity contribution in [2.75, 3.05) is 0 Å². The molecular formula is C25H30N8O7. The van der Waals surface area contributed by atoms with Crippen LogP contribution in [0.4, 0.5) is 0 Å². The van der Waals surface area contributed by atoms with Crippen LogP contribution >= 0.6 is 0 Å². The number of aromatic nitrogens is 4. The zero-order chi connectivity index (χ0) is 29.1. The molecule has 0 aliphatic rings. The third kappa shape index (κ3) is 9.05. The first kappa shape index (κ1) is 29.5. The second kappa shape index (κ2) is 14.2. The number of carboxylic acids is 2. The minimum absolute atomic E-state index is 0.0120. The number of benzene rings is 1. The monoisotopic (exact) mass is 554 g/mol. The van der Waals surface area contributed by atoms with Gasteiger partial charge in [-0.25, -0.2) is 14.8 Å². The highest BCUT2D eigenvalue weighted by atomic mass is 16.4. The summed E-state index contributed by atoms with van der Waals surface area (Å²) in [6, 6.07) is 3.51. The van der Waals surface area contributed by atoms with Gasteiger partial charge >= 0.3 is 11.9 Å². The number of nitrogens with one attached hydrogen (secondary N) is 5. The van der Waals surface area contributed by atoms with Crippen LogP contribution < -0.4 is 21.7 Å². The molecule has 4 atom stereocenters. The van der Waals surface area contributed by atoms with Crippen LogP contribution in [-0.4, -0.2) is 84.0 Å². The zero-order valence-corrected chi connectivity index (χ0v) is 21.2. The highest BCUT2D eigenvalue weighted by molar-refractivity contribution is 5.95. The molecule has 2 heterocycles. The molecule has 40 heavy (non-hydrogen) atoms. The largest absolute Gasteiger partial charge is 0.481 e. The van der Waals surface area contributed by atoms with Crippen LogP contribution in [0, 0.1) is 0 Å². The molecule has 0 bridgehead atoms. The molecule has 4 unspecified atom stereocenters. The van der Waals surface area contributed by atoms with Gasteiger partial charge in [0.25, 0.3) is 0 Å². The van der Waals surface area contributed by atoms with E-state index in [2.05, 4.69) is 35.9 Å². The number of carboxylic acid groups (broad SMARTS) is 2. The fourth-order valence-corrected chi connectivity index (χ4v) is 3.81. The number of amides is 3. The Kier molecular flexibility index (Phi) is 10.5. The van der Waals surface area contributed by atoms with Gasteiger partial charge in [-0.15, -0.1) is 0 Å². The van der Waals surface area contributed by atoms with Crippen LogP contribution in [0.15, 0.2) is 55.4 Å². The summed E-state index contributed by atoms with van der Waals surface area (Å²) in [4.78, 5) is 75.4. The van der Waals surface area contributed by atoms with Crippen molar-refractivity contribution in [3.8, 4) is 0 Å². The van der Waals surface area contributed by atoms with Gasteiger partial charge in [-0.05, 0) is 5.56 Å². The third-order valence-corrected chi connectivity index (χ3v) is 5.85. The number of aromatic amines is 2. The summed E-state index contributed by atoms with van der Waals surface area (Å²) in [7, 11) is 0. The van der Waals surface area contributed by atoms with Gasteiger partial charge in [0.2, 0.25) is 17.7 Å². The van der Waals surface area contributed by atoms with Gasteiger partial charge < -0.3 is 41.9 Å². The summed E-state index contributed by atoms with van der Waals surface area (Å²) in [5, 5.41) is 26.1. The number of hydrogen-bond donors (Lipinski definition) is 8. The molecule has 9 N–H and O–H groups in total. The fraction of sp³-hybridized carbons (Fsp3) is 0.320. The van der Waals surface area contributed by atoms with E-state index in [0.717, 1.165) is 0 Å². The first-order valence-corrected chi connectivity index (χ1v) is 12.2. The molecule has 0 fully saturated rings. The second-order valence-electron chi connectivity index (χ2n) is 8.98. The van der Waals surface area contributed by atoms with E-state index >= 15 is 0 Å². The summed E-state index contributed by atoms with van der Waals surface area (Å²) in [5.74, 6) is -5.00. The number of H-pyrrole nitrogens is 2. The number of carbonyl (C=O) groups is 5. The lowest BCUT2D eigenvalue weighted by Crippen LogP contribution is -2.58. The first-order valence-electron chi connectivity index (χ1n) is 12.2. The molecule has 3 amide bonds. The average molecular weight is 555 g/mol. The summed E-state index contributed by atoms with van der Waals surface area (Å²) < 4.78 is 0. The van der Waals surface area contributed by atoms with E-state index in [9.17, 15) is 29.1 Å². The van der Waals surface area contributed by atoms with E-state index in [-0.39, 0.29) is 19.3 Å². The highest BCUT2D eigenvalue weighted by Gasteiger charge is 2.31. The number of rotatable bonds is 15. The third-order valence-electron chi connectivity index (χ3n) is 5.85. The second-order valence-corrected chi connectivity index (χ2v) is 8.98. The van der Waals surface area contributed by atoms with Crippen molar-refractivity contribution >= 4 is 29.7 Å². The molecule has 15 heteroatoms. The van der Waals surface area contributed by atoms with E-state index in [4.69, 9.17) is 10.8 Å². The zero-order valence-electron chi connectivity index (χ0n) is 21.2. The van der Waals surface area contributed by atoms with Crippen molar-refractivity contribution in [3.05, 3.63) is 72.3 Å². The van der Waals surface area contributed by atoms with Crippen LogP contribution in [0.5, 0.6) is 0 Å². The standard InChI is InChI=1S/C25H30N8O7/c26-17(9-21(34)35)22(36)31-19(7-15-10-27-12-29-15)24(38)32-18(6-14-4-2-1-3-5-14)23(37)33-20(25(39)40)8-16-11-28-13-30-16/h1-5,10-13,17-20H,6-9,26H2,(H,27,29)(H,28,30)(H,31,36)(H,32,38)(H,33,37)(H,34,35)(H,39,40). The number of nitrogens with zero attached hydrogens (tertiary/aromatic N) is 2. The lowest BCUT2D eigenvalue weighted by Gasteiger charge is -2.25. The maximum absolute atomic E-state index is 13.4. The summed E-state index contributed by atoms with van der Waals surface area (Å²) in [6.45, 7) is 0. The summed E-state index contributed by atoms with van der Waals surface area (Å²) >= 11 is 0. The molecule has 0 aliphatic carbocycles. The maximum atomic E-state index is 13.4. The fourth-order valence-electron chi connectivity index (χ4n) is 3.81. The van der Waals surface area contributed by atoms with Crippen molar-refractivity contribution in [2.24, 2.45) is 5.73 Å².